The van der Waals surface area contributed by atoms with Crippen molar-refractivity contribution in [1.82, 2.24) is 24.8 Å². The van der Waals surface area contributed by atoms with Crippen LogP contribution in [0.4, 0.5) is 5.82 Å². The summed E-state index contributed by atoms with van der Waals surface area (Å²) in [4.78, 5) is 15.1. The average molecular weight is 424 g/mol. The Kier molecular flexibility index (Phi) is 5.24. The lowest BCUT2D eigenvalue weighted by molar-refractivity contribution is -0.117. The number of amides is 1. The first-order chi connectivity index (χ1) is 14.1. The van der Waals surface area contributed by atoms with E-state index < -0.39 is 0 Å². The SMILES string of the molecule is Cc1c(C#N)c(NC(=O)Cn2nnc(-c3ccsc3)n2)n(Cc2cccs2)c1C. The van der Waals surface area contributed by atoms with Gasteiger partial charge in [-0.3, -0.25) is 4.79 Å². The molecule has 0 saturated carbocycles. The quantitative estimate of drug-likeness (QED) is 0.512. The monoisotopic (exact) mass is 423 g/mol. The van der Waals surface area contributed by atoms with Crippen LogP contribution in [0.2, 0.25) is 0 Å². The third kappa shape index (κ3) is 3.83. The number of hydrogen-bond acceptors (Lipinski definition) is 7. The van der Waals surface area contributed by atoms with Crippen molar-refractivity contribution in [1.29, 1.82) is 5.26 Å². The number of tetrazole rings is 1. The number of nitriles is 1. The lowest BCUT2D eigenvalue weighted by atomic mass is 10.2. The van der Waals surface area contributed by atoms with Gasteiger partial charge in [0.05, 0.1) is 12.1 Å². The first-order valence-corrected chi connectivity index (χ1v) is 10.6. The second kappa shape index (κ2) is 7.98. The minimum atomic E-state index is -0.319. The van der Waals surface area contributed by atoms with Crippen molar-refractivity contribution in [3.63, 3.8) is 0 Å². The van der Waals surface area contributed by atoms with Crippen LogP contribution in [0.3, 0.4) is 0 Å². The summed E-state index contributed by atoms with van der Waals surface area (Å²) >= 11 is 3.17. The van der Waals surface area contributed by atoms with Crippen LogP contribution in [-0.2, 0) is 17.9 Å². The zero-order valence-corrected chi connectivity index (χ0v) is 17.4. The van der Waals surface area contributed by atoms with Crippen LogP contribution in [0.1, 0.15) is 21.7 Å². The first kappa shape index (κ1) is 19.0. The van der Waals surface area contributed by atoms with Gasteiger partial charge >= 0.3 is 0 Å². The van der Waals surface area contributed by atoms with Crippen LogP contribution in [0.5, 0.6) is 0 Å². The van der Waals surface area contributed by atoms with Crippen LogP contribution < -0.4 is 5.32 Å². The van der Waals surface area contributed by atoms with Crippen LogP contribution in [0.15, 0.2) is 34.3 Å². The summed E-state index contributed by atoms with van der Waals surface area (Å²) in [5.74, 6) is 0.657. The number of anilines is 1. The van der Waals surface area contributed by atoms with Crippen molar-refractivity contribution in [2.45, 2.75) is 26.9 Å². The summed E-state index contributed by atoms with van der Waals surface area (Å²) in [5, 5.41) is 30.6. The topological polar surface area (TPSA) is 101 Å². The number of aromatic nitrogens is 5. The molecule has 146 valence electrons. The van der Waals surface area contributed by atoms with E-state index >= 15 is 0 Å². The van der Waals surface area contributed by atoms with Crippen molar-refractivity contribution >= 4 is 34.4 Å². The van der Waals surface area contributed by atoms with Crippen molar-refractivity contribution in [2.75, 3.05) is 5.32 Å². The molecule has 0 atom stereocenters. The molecule has 29 heavy (non-hydrogen) atoms. The maximum atomic E-state index is 12.7. The van der Waals surface area contributed by atoms with Gasteiger partial charge in [0.25, 0.3) is 0 Å². The molecule has 4 heterocycles. The Morgan fingerprint density at radius 2 is 2.17 bits per heavy atom. The normalized spacial score (nSPS) is 10.8. The Labute approximate surface area is 175 Å². The number of thiophene rings is 2. The van der Waals surface area contributed by atoms with E-state index in [2.05, 4.69) is 26.8 Å². The lowest BCUT2D eigenvalue weighted by Crippen LogP contribution is -2.23. The Morgan fingerprint density at radius 3 is 2.86 bits per heavy atom. The third-order valence-electron chi connectivity index (χ3n) is 4.61. The smallest absolute Gasteiger partial charge is 0.249 e. The molecule has 4 aromatic heterocycles. The molecular formula is C19H17N7OS2. The number of nitrogens with one attached hydrogen (secondary N) is 1. The molecule has 10 heteroatoms. The fraction of sp³-hybridized carbons (Fsp3) is 0.211. The summed E-state index contributed by atoms with van der Waals surface area (Å²) in [5.41, 5.74) is 3.14. The Bertz CT molecular complexity index is 1180. The number of nitrogens with zero attached hydrogens (tertiary/aromatic N) is 6. The van der Waals surface area contributed by atoms with Gasteiger partial charge in [0.1, 0.15) is 18.4 Å². The van der Waals surface area contributed by atoms with Gasteiger partial charge in [-0.2, -0.15) is 21.4 Å². The highest BCUT2D eigenvalue weighted by atomic mass is 32.1. The van der Waals surface area contributed by atoms with E-state index in [0.717, 1.165) is 21.7 Å². The number of carbonyl (C=O) groups excluding carboxylic acids is 1. The second-order valence-corrected chi connectivity index (χ2v) is 8.23. The summed E-state index contributed by atoms with van der Waals surface area (Å²) < 4.78 is 1.96. The van der Waals surface area contributed by atoms with Crippen LogP contribution in [0, 0.1) is 25.2 Å². The van der Waals surface area contributed by atoms with Gasteiger partial charge in [0.15, 0.2) is 0 Å². The van der Waals surface area contributed by atoms with E-state index in [4.69, 9.17) is 0 Å². The van der Waals surface area contributed by atoms with Gasteiger partial charge in [-0.1, -0.05) is 6.07 Å². The summed E-state index contributed by atoms with van der Waals surface area (Å²) in [7, 11) is 0. The molecule has 0 radical (unpaired) electrons. The minimum absolute atomic E-state index is 0.0930. The number of hydrogen-bond donors (Lipinski definition) is 1. The second-order valence-electron chi connectivity index (χ2n) is 6.41. The van der Waals surface area contributed by atoms with E-state index in [9.17, 15) is 10.1 Å². The number of rotatable bonds is 6. The zero-order valence-electron chi connectivity index (χ0n) is 15.8. The zero-order chi connectivity index (χ0) is 20.4. The molecule has 1 N–H and O–H groups in total. The summed E-state index contributed by atoms with van der Waals surface area (Å²) in [6.45, 7) is 4.34. The van der Waals surface area contributed by atoms with Crippen molar-refractivity contribution in [3.05, 3.63) is 56.0 Å². The summed E-state index contributed by atoms with van der Waals surface area (Å²) in [6, 6.07) is 8.13. The molecule has 4 aromatic rings. The van der Waals surface area contributed by atoms with E-state index in [1.807, 2.05) is 52.8 Å². The molecule has 0 spiro atoms. The van der Waals surface area contributed by atoms with Crippen molar-refractivity contribution < 1.29 is 4.79 Å². The largest absolute Gasteiger partial charge is 0.325 e. The molecule has 0 aliphatic rings. The minimum Gasteiger partial charge on any atom is -0.325 e. The van der Waals surface area contributed by atoms with Crippen molar-refractivity contribution in [2.24, 2.45) is 0 Å². The molecule has 0 aromatic carbocycles. The lowest BCUT2D eigenvalue weighted by Gasteiger charge is -2.12. The van der Waals surface area contributed by atoms with Gasteiger partial charge in [0.2, 0.25) is 11.7 Å². The highest BCUT2D eigenvalue weighted by Crippen LogP contribution is 2.28. The predicted octanol–water partition coefficient (Wildman–Crippen LogP) is 3.44. The fourth-order valence-electron chi connectivity index (χ4n) is 3.00. The fourth-order valence-corrected chi connectivity index (χ4v) is 4.33. The van der Waals surface area contributed by atoms with Gasteiger partial charge < -0.3 is 9.88 Å². The Morgan fingerprint density at radius 1 is 1.31 bits per heavy atom. The molecule has 0 aliphatic carbocycles. The van der Waals surface area contributed by atoms with Gasteiger partial charge in [0, 0.05) is 21.5 Å². The van der Waals surface area contributed by atoms with E-state index in [0.29, 0.717) is 23.8 Å². The van der Waals surface area contributed by atoms with Gasteiger partial charge in [-0.15, -0.1) is 21.5 Å². The van der Waals surface area contributed by atoms with Gasteiger partial charge in [-0.25, -0.2) is 0 Å². The molecule has 0 aliphatic heterocycles. The third-order valence-corrected chi connectivity index (χ3v) is 6.15. The Balaban J connectivity index is 1.56. The van der Waals surface area contributed by atoms with Crippen molar-refractivity contribution in [3.8, 4) is 17.5 Å². The number of carbonyl (C=O) groups is 1. The molecule has 1 amide bonds. The van der Waals surface area contributed by atoms with E-state index in [1.54, 1.807) is 22.7 Å². The molecule has 0 unspecified atom stereocenters. The maximum Gasteiger partial charge on any atom is 0.249 e. The van der Waals surface area contributed by atoms with Crippen LogP contribution >= 0.6 is 22.7 Å². The van der Waals surface area contributed by atoms with E-state index in [-0.39, 0.29) is 12.5 Å². The molecule has 0 fully saturated rings. The molecule has 4 rings (SSSR count). The maximum absolute atomic E-state index is 12.7. The first-order valence-electron chi connectivity index (χ1n) is 8.79. The highest BCUT2D eigenvalue weighted by Gasteiger charge is 2.20. The van der Waals surface area contributed by atoms with E-state index in [1.165, 1.54) is 4.80 Å². The summed E-state index contributed by atoms with van der Waals surface area (Å²) in [6.07, 6.45) is 0. The molecule has 0 saturated heterocycles. The standard InChI is InChI=1S/C19H17N7OS2/c1-12-13(2)25(9-15-4-3-6-29-15)19(16(12)8-20)21-17(27)10-26-23-18(22-24-26)14-5-7-28-11-14/h3-7,11H,9-10H2,1-2H3,(H,21,27). The Hall–Kier alpha value is -3.29. The predicted molar refractivity (Wildman–Crippen MR) is 112 cm³/mol. The highest BCUT2D eigenvalue weighted by molar-refractivity contribution is 7.09. The van der Waals surface area contributed by atoms with Gasteiger partial charge in [-0.05, 0) is 47.5 Å². The molecular weight excluding hydrogens is 406 g/mol. The van der Waals surface area contributed by atoms with Crippen LogP contribution in [-0.4, -0.2) is 30.7 Å². The van der Waals surface area contributed by atoms with Crippen LogP contribution in [0.25, 0.3) is 11.4 Å². The molecule has 8 nitrogen and oxygen atoms in total. The average Bonchev–Trinajstić information content (AvgIpc) is 3.48. The molecule has 0 bridgehead atoms.